The van der Waals surface area contributed by atoms with Gasteiger partial charge in [0.15, 0.2) is 0 Å². The Labute approximate surface area is 112 Å². The van der Waals surface area contributed by atoms with Gasteiger partial charge in [0.1, 0.15) is 5.01 Å². The van der Waals surface area contributed by atoms with Crippen LogP contribution in [0.5, 0.6) is 0 Å². The molecular weight excluding hydrogens is 240 g/mol. The summed E-state index contributed by atoms with van der Waals surface area (Å²) in [5.74, 6) is 0. The SMILES string of the molecule is CCc1ccc(C(NC2CC2)c2nccs2)cc1. The zero-order valence-electron chi connectivity index (χ0n) is 10.6. The number of benzene rings is 1. The molecule has 1 saturated carbocycles. The smallest absolute Gasteiger partial charge is 0.114 e. The number of nitrogens with one attached hydrogen (secondary N) is 1. The standard InChI is InChI=1S/C15H18N2S/c1-2-11-3-5-12(6-4-11)14(17-13-7-8-13)15-16-9-10-18-15/h3-6,9-10,13-14,17H,2,7-8H2,1H3. The van der Waals surface area contributed by atoms with E-state index in [-0.39, 0.29) is 6.04 Å². The van der Waals surface area contributed by atoms with Crippen molar-refractivity contribution in [1.82, 2.24) is 10.3 Å². The molecule has 0 spiro atoms. The second-order valence-electron chi connectivity index (χ2n) is 4.84. The average molecular weight is 258 g/mol. The molecule has 18 heavy (non-hydrogen) atoms. The predicted molar refractivity (Wildman–Crippen MR) is 75.9 cm³/mol. The predicted octanol–water partition coefficient (Wildman–Crippen LogP) is 3.55. The van der Waals surface area contributed by atoms with Gasteiger partial charge < -0.3 is 5.32 Å². The second kappa shape index (κ2) is 5.21. The van der Waals surface area contributed by atoms with Gasteiger partial charge in [-0.25, -0.2) is 4.98 Å². The summed E-state index contributed by atoms with van der Waals surface area (Å²) in [7, 11) is 0. The topological polar surface area (TPSA) is 24.9 Å². The molecule has 1 aromatic carbocycles. The highest BCUT2D eigenvalue weighted by atomic mass is 32.1. The molecule has 3 rings (SSSR count). The van der Waals surface area contributed by atoms with Gasteiger partial charge in [0.05, 0.1) is 6.04 Å². The Balaban J connectivity index is 1.86. The van der Waals surface area contributed by atoms with E-state index in [1.807, 2.05) is 6.20 Å². The van der Waals surface area contributed by atoms with Crippen molar-refractivity contribution >= 4 is 11.3 Å². The second-order valence-corrected chi connectivity index (χ2v) is 5.77. The highest BCUT2D eigenvalue weighted by Crippen LogP contribution is 2.29. The molecule has 1 N–H and O–H groups in total. The number of aromatic nitrogens is 1. The highest BCUT2D eigenvalue weighted by molar-refractivity contribution is 7.09. The molecule has 1 fully saturated rings. The van der Waals surface area contributed by atoms with Crippen molar-refractivity contribution in [1.29, 1.82) is 0 Å². The first kappa shape index (κ1) is 11.9. The van der Waals surface area contributed by atoms with Crippen molar-refractivity contribution in [3.05, 3.63) is 52.0 Å². The molecule has 1 aliphatic rings. The minimum atomic E-state index is 0.267. The van der Waals surface area contributed by atoms with Crippen LogP contribution in [0, 0.1) is 0 Å². The van der Waals surface area contributed by atoms with Crippen LogP contribution in [0.25, 0.3) is 0 Å². The number of rotatable bonds is 5. The molecule has 0 aliphatic heterocycles. The van der Waals surface area contributed by atoms with Gasteiger partial charge in [-0.1, -0.05) is 31.2 Å². The van der Waals surface area contributed by atoms with Gasteiger partial charge in [-0.2, -0.15) is 0 Å². The van der Waals surface area contributed by atoms with Gasteiger partial charge >= 0.3 is 0 Å². The molecule has 1 unspecified atom stereocenters. The van der Waals surface area contributed by atoms with E-state index in [0.29, 0.717) is 6.04 Å². The van der Waals surface area contributed by atoms with Gasteiger partial charge in [0.2, 0.25) is 0 Å². The summed E-state index contributed by atoms with van der Waals surface area (Å²) >= 11 is 1.73. The van der Waals surface area contributed by atoms with Crippen molar-refractivity contribution in [2.24, 2.45) is 0 Å². The fourth-order valence-electron chi connectivity index (χ4n) is 2.12. The van der Waals surface area contributed by atoms with Gasteiger partial charge in [-0.3, -0.25) is 0 Å². The number of hydrogen-bond acceptors (Lipinski definition) is 3. The molecule has 0 amide bonds. The van der Waals surface area contributed by atoms with Crippen LogP contribution in [-0.2, 0) is 6.42 Å². The zero-order valence-corrected chi connectivity index (χ0v) is 11.4. The van der Waals surface area contributed by atoms with E-state index in [0.717, 1.165) is 6.42 Å². The Hall–Kier alpha value is -1.19. The lowest BCUT2D eigenvalue weighted by molar-refractivity contribution is 0.598. The Morgan fingerprint density at radius 3 is 2.67 bits per heavy atom. The van der Waals surface area contributed by atoms with Gasteiger partial charge in [-0.05, 0) is 30.4 Å². The van der Waals surface area contributed by atoms with Crippen LogP contribution in [-0.4, -0.2) is 11.0 Å². The molecule has 2 aromatic rings. The third-order valence-electron chi connectivity index (χ3n) is 3.40. The molecular formula is C15H18N2S. The Kier molecular flexibility index (Phi) is 3.43. The van der Waals surface area contributed by atoms with E-state index in [4.69, 9.17) is 0 Å². The summed E-state index contributed by atoms with van der Waals surface area (Å²) < 4.78 is 0. The first-order valence-electron chi connectivity index (χ1n) is 6.61. The normalized spacial score (nSPS) is 16.7. The average Bonchev–Trinajstić information content (AvgIpc) is 3.08. The quantitative estimate of drug-likeness (QED) is 0.887. The van der Waals surface area contributed by atoms with E-state index in [2.05, 4.69) is 46.9 Å². The number of hydrogen-bond donors (Lipinski definition) is 1. The van der Waals surface area contributed by atoms with Crippen LogP contribution in [0.1, 0.15) is 41.9 Å². The van der Waals surface area contributed by atoms with Crippen LogP contribution in [0.15, 0.2) is 35.8 Å². The van der Waals surface area contributed by atoms with E-state index in [9.17, 15) is 0 Å². The third kappa shape index (κ3) is 2.62. The largest absolute Gasteiger partial charge is 0.301 e. The van der Waals surface area contributed by atoms with Gasteiger partial charge in [0.25, 0.3) is 0 Å². The van der Waals surface area contributed by atoms with Crippen LogP contribution in [0.4, 0.5) is 0 Å². The van der Waals surface area contributed by atoms with Crippen LogP contribution >= 0.6 is 11.3 Å². The molecule has 0 bridgehead atoms. The minimum Gasteiger partial charge on any atom is -0.301 e. The van der Waals surface area contributed by atoms with E-state index in [1.165, 1.54) is 29.0 Å². The fraction of sp³-hybridized carbons (Fsp3) is 0.400. The Morgan fingerprint density at radius 2 is 2.11 bits per heavy atom. The van der Waals surface area contributed by atoms with Crippen molar-refractivity contribution in [2.75, 3.05) is 0 Å². The molecule has 1 aromatic heterocycles. The van der Waals surface area contributed by atoms with Crippen LogP contribution in [0.2, 0.25) is 0 Å². The zero-order chi connectivity index (χ0) is 12.4. The lowest BCUT2D eigenvalue weighted by Gasteiger charge is -2.17. The van der Waals surface area contributed by atoms with Crippen molar-refractivity contribution in [3.63, 3.8) is 0 Å². The van der Waals surface area contributed by atoms with Crippen molar-refractivity contribution < 1.29 is 0 Å². The Morgan fingerprint density at radius 1 is 1.33 bits per heavy atom. The van der Waals surface area contributed by atoms with Crippen LogP contribution < -0.4 is 5.32 Å². The maximum Gasteiger partial charge on any atom is 0.114 e. The van der Waals surface area contributed by atoms with Crippen molar-refractivity contribution in [3.8, 4) is 0 Å². The maximum absolute atomic E-state index is 4.47. The van der Waals surface area contributed by atoms with E-state index in [1.54, 1.807) is 11.3 Å². The number of aryl methyl sites for hydroxylation is 1. The summed E-state index contributed by atoms with van der Waals surface area (Å²) in [6.45, 7) is 2.19. The fourth-order valence-corrected chi connectivity index (χ4v) is 2.84. The van der Waals surface area contributed by atoms with E-state index >= 15 is 0 Å². The molecule has 1 heterocycles. The molecule has 0 saturated heterocycles. The highest BCUT2D eigenvalue weighted by Gasteiger charge is 2.27. The summed E-state index contributed by atoms with van der Waals surface area (Å²) in [5, 5.41) is 6.92. The molecule has 2 nitrogen and oxygen atoms in total. The summed E-state index contributed by atoms with van der Waals surface area (Å²) in [6.07, 6.45) is 5.59. The number of nitrogens with zero attached hydrogens (tertiary/aromatic N) is 1. The first-order valence-corrected chi connectivity index (χ1v) is 7.49. The molecule has 94 valence electrons. The lowest BCUT2D eigenvalue weighted by Crippen LogP contribution is -2.24. The molecule has 1 aliphatic carbocycles. The molecule has 1 atom stereocenters. The number of thiazole rings is 1. The lowest BCUT2D eigenvalue weighted by atomic mass is 10.0. The van der Waals surface area contributed by atoms with Gasteiger partial charge in [0, 0.05) is 17.6 Å². The first-order chi connectivity index (χ1) is 8.86. The molecule has 3 heteroatoms. The monoisotopic (exact) mass is 258 g/mol. The minimum absolute atomic E-state index is 0.267. The van der Waals surface area contributed by atoms with Crippen molar-refractivity contribution in [2.45, 2.75) is 38.3 Å². The third-order valence-corrected chi connectivity index (χ3v) is 4.24. The van der Waals surface area contributed by atoms with Gasteiger partial charge in [-0.15, -0.1) is 11.3 Å². The van der Waals surface area contributed by atoms with Crippen LogP contribution in [0.3, 0.4) is 0 Å². The summed E-state index contributed by atoms with van der Waals surface area (Å²) in [5.41, 5.74) is 2.72. The van der Waals surface area contributed by atoms with E-state index < -0.39 is 0 Å². The summed E-state index contributed by atoms with van der Waals surface area (Å²) in [6, 6.07) is 9.88. The summed E-state index contributed by atoms with van der Waals surface area (Å²) in [4.78, 5) is 4.47. The Bertz CT molecular complexity index is 486. The maximum atomic E-state index is 4.47. The molecule has 0 radical (unpaired) electrons.